The molecular weight excluding hydrogens is 733 g/mol. The molecule has 59 heavy (non-hydrogen) atoms. The van der Waals surface area contributed by atoms with Gasteiger partial charge < -0.3 is 14.2 Å². The van der Waals surface area contributed by atoms with Crippen LogP contribution in [0.15, 0.2) is 36.5 Å². The average Bonchev–Trinajstić information content (AvgIpc) is 3.23. The van der Waals surface area contributed by atoms with Crippen molar-refractivity contribution in [2.75, 3.05) is 13.2 Å². The van der Waals surface area contributed by atoms with Gasteiger partial charge in [-0.05, 0) is 70.6 Å². The van der Waals surface area contributed by atoms with E-state index in [1.807, 2.05) is 0 Å². The summed E-state index contributed by atoms with van der Waals surface area (Å²) in [5.74, 6) is -0.888. The zero-order valence-corrected chi connectivity index (χ0v) is 39.3. The first-order valence-electron chi connectivity index (χ1n) is 25.5. The molecule has 0 aliphatic heterocycles. The van der Waals surface area contributed by atoms with Gasteiger partial charge in [-0.2, -0.15) is 0 Å². The Bertz CT molecular complexity index is 1000. The average molecular weight is 829 g/mol. The van der Waals surface area contributed by atoms with Crippen LogP contribution in [-0.4, -0.2) is 37.2 Å². The van der Waals surface area contributed by atoms with Gasteiger partial charge in [0.1, 0.15) is 13.2 Å². The van der Waals surface area contributed by atoms with Crippen molar-refractivity contribution < 1.29 is 28.6 Å². The van der Waals surface area contributed by atoms with Crippen molar-refractivity contribution in [3.05, 3.63) is 36.5 Å². The van der Waals surface area contributed by atoms with Gasteiger partial charge in [0.15, 0.2) is 6.10 Å². The molecule has 0 radical (unpaired) electrons. The molecule has 1 atom stereocenters. The first-order chi connectivity index (χ1) is 29.0. The molecule has 6 nitrogen and oxygen atoms in total. The lowest BCUT2D eigenvalue weighted by Crippen LogP contribution is -2.30. The fraction of sp³-hybridized carbons (Fsp3) is 0.830. The lowest BCUT2D eigenvalue weighted by molar-refractivity contribution is -0.167. The molecule has 0 aliphatic carbocycles. The monoisotopic (exact) mass is 829 g/mol. The van der Waals surface area contributed by atoms with E-state index in [1.165, 1.54) is 135 Å². The van der Waals surface area contributed by atoms with Crippen LogP contribution in [-0.2, 0) is 28.6 Å². The second-order valence-electron chi connectivity index (χ2n) is 17.1. The highest BCUT2D eigenvalue weighted by atomic mass is 16.6. The molecule has 0 heterocycles. The van der Waals surface area contributed by atoms with E-state index in [1.54, 1.807) is 0 Å². The summed E-state index contributed by atoms with van der Waals surface area (Å²) in [6.45, 7) is 6.55. The van der Waals surface area contributed by atoms with Gasteiger partial charge in [0.25, 0.3) is 0 Å². The van der Waals surface area contributed by atoms with Gasteiger partial charge in [0.2, 0.25) is 0 Å². The molecule has 0 aromatic carbocycles. The Kier molecular flexibility index (Phi) is 46.4. The van der Waals surface area contributed by atoms with Crippen LogP contribution in [0.25, 0.3) is 0 Å². The van der Waals surface area contributed by atoms with Gasteiger partial charge in [-0.15, -0.1) is 0 Å². The molecule has 0 aliphatic rings. The fourth-order valence-corrected chi connectivity index (χ4v) is 7.24. The van der Waals surface area contributed by atoms with Crippen LogP contribution in [0.3, 0.4) is 0 Å². The Morgan fingerprint density at radius 3 is 1.02 bits per heavy atom. The summed E-state index contributed by atoms with van der Waals surface area (Å²) in [7, 11) is 0. The topological polar surface area (TPSA) is 78.9 Å². The van der Waals surface area contributed by atoms with Gasteiger partial charge >= 0.3 is 17.9 Å². The number of rotatable bonds is 46. The van der Waals surface area contributed by atoms with Gasteiger partial charge in [-0.1, -0.05) is 211 Å². The Labute approximate surface area is 365 Å². The Morgan fingerprint density at radius 2 is 0.644 bits per heavy atom. The van der Waals surface area contributed by atoms with Gasteiger partial charge in [-0.3, -0.25) is 14.4 Å². The number of carbonyl (C=O) groups is 3. The van der Waals surface area contributed by atoms with Crippen LogP contribution >= 0.6 is 0 Å². The minimum atomic E-state index is -0.775. The predicted molar refractivity (Wildman–Crippen MR) is 252 cm³/mol. The number of unbranched alkanes of at least 4 members (excludes halogenated alkanes) is 29. The maximum Gasteiger partial charge on any atom is 0.306 e. The fourth-order valence-electron chi connectivity index (χ4n) is 7.24. The molecule has 0 spiro atoms. The Balaban J connectivity index is 4.28. The van der Waals surface area contributed by atoms with Gasteiger partial charge in [0.05, 0.1) is 0 Å². The summed E-state index contributed by atoms with van der Waals surface area (Å²) < 4.78 is 16.7. The quantitative estimate of drug-likeness (QED) is 0.0263. The van der Waals surface area contributed by atoms with Crippen LogP contribution in [0.2, 0.25) is 0 Å². The standard InChI is InChI=1S/C53H96O6/c1-4-7-10-13-16-19-21-23-24-25-26-27-28-30-31-34-37-40-43-46-52(55)58-49-50(48-57-51(54)45-42-39-36-33-18-15-12-9-6-3)59-53(56)47-44-41-38-35-32-29-22-20-17-14-11-8-5-2/h11,14,20,22-24,50H,4-10,12-13,15-19,21,25-49H2,1-3H3/b14-11-,22-20-,24-23-. The lowest BCUT2D eigenvalue weighted by Gasteiger charge is -2.18. The van der Waals surface area contributed by atoms with Gasteiger partial charge in [-0.25, -0.2) is 0 Å². The third-order valence-electron chi connectivity index (χ3n) is 11.1. The number of allylic oxidation sites excluding steroid dienone is 6. The third-order valence-corrected chi connectivity index (χ3v) is 11.1. The molecule has 0 aromatic heterocycles. The maximum atomic E-state index is 12.7. The van der Waals surface area contributed by atoms with Gasteiger partial charge in [0, 0.05) is 19.3 Å². The van der Waals surface area contributed by atoms with Crippen molar-refractivity contribution in [2.24, 2.45) is 0 Å². The normalized spacial score (nSPS) is 12.3. The second-order valence-corrected chi connectivity index (χ2v) is 17.1. The van der Waals surface area contributed by atoms with Crippen LogP contribution in [0.5, 0.6) is 0 Å². The van der Waals surface area contributed by atoms with E-state index in [4.69, 9.17) is 14.2 Å². The minimum Gasteiger partial charge on any atom is -0.462 e. The number of esters is 3. The van der Waals surface area contributed by atoms with Crippen LogP contribution < -0.4 is 0 Å². The van der Waals surface area contributed by atoms with Crippen LogP contribution in [0.1, 0.15) is 265 Å². The zero-order valence-electron chi connectivity index (χ0n) is 39.3. The molecule has 0 saturated carbocycles. The molecule has 344 valence electrons. The van der Waals surface area contributed by atoms with Crippen LogP contribution in [0, 0.1) is 0 Å². The van der Waals surface area contributed by atoms with E-state index in [-0.39, 0.29) is 31.1 Å². The number of carbonyl (C=O) groups excluding carboxylic acids is 3. The molecule has 0 rings (SSSR count). The highest BCUT2D eigenvalue weighted by Crippen LogP contribution is 2.15. The molecule has 0 saturated heterocycles. The van der Waals surface area contributed by atoms with E-state index < -0.39 is 6.10 Å². The SMILES string of the molecule is CCC/C=C\C/C=C\CCCCCCCC(=O)OC(COC(=O)CCCCCCCCCCC)COC(=O)CCCCCCCCCCC/C=C\CCCCCCCC. The molecule has 1 unspecified atom stereocenters. The molecule has 0 fully saturated rings. The highest BCUT2D eigenvalue weighted by Gasteiger charge is 2.19. The van der Waals surface area contributed by atoms with Crippen molar-refractivity contribution in [1.82, 2.24) is 0 Å². The summed E-state index contributed by atoms with van der Waals surface area (Å²) in [5, 5.41) is 0. The second kappa shape index (κ2) is 48.3. The van der Waals surface area contributed by atoms with E-state index >= 15 is 0 Å². The Morgan fingerprint density at radius 1 is 0.339 bits per heavy atom. The maximum absolute atomic E-state index is 12.7. The number of ether oxygens (including phenoxy) is 3. The smallest absolute Gasteiger partial charge is 0.306 e. The first kappa shape index (κ1) is 56.6. The van der Waals surface area contributed by atoms with E-state index in [0.717, 1.165) is 89.9 Å². The van der Waals surface area contributed by atoms with Crippen molar-refractivity contribution in [1.29, 1.82) is 0 Å². The van der Waals surface area contributed by atoms with Crippen molar-refractivity contribution >= 4 is 17.9 Å². The van der Waals surface area contributed by atoms with Crippen molar-refractivity contribution in [3.63, 3.8) is 0 Å². The molecule has 6 heteroatoms. The molecule has 0 N–H and O–H groups in total. The highest BCUT2D eigenvalue weighted by molar-refractivity contribution is 5.71. The third kappa shape index (κ3) is 46.5. The number of hydrogen-bond donors (Lipinski definition) is 0. The van der Waals surface area contributed by atoms with E-state index in [9.17, 15) is 14.4 Å². The summed E-state index contributed by atoms with van der Waals surface area (Å²) in [6.07, 6.45) is 55.6. The lowest BCUT2D eigenvalue weighted by atomic mass is 10.1. The number of hydrogen-bond acceptors (Lipinski definition) is 6. The Hall–Kier alpha value is -2.37. The minimum absolute atomic E-state index is 0.0762. The molecule has 0 aromatic rings. The molecule has 0 amide bonds. The summed E-state index contributed by atoms with van der Waals surface area (Å²) in [6, 6.07) is 0. The van der Waals surface area contributed by atoms with Crippen molar-refractivity contribution in [2.45, 2.75) is 271 Å². The summed E-state index contributed by atoms with van der Waals surface area (Å²) in [4.78, 5) is 37.8. The van der Waals surface area contributed by atoms with E-state index in [0.29, 0.717) is 19.3 Å². The molecular formula is C53H96O6. The van der Waals surface area contributed by atoms with E-state index in [2.05, 4.69) is 57.2 Å². The van der Waals surface area contributed by atoms with Crippen LogP contribution in [0.4, 0.5) is 0 Å². The first-order valence-corrected chi connectivity index (χ1v) is 25.5. The largest absolute Gasteiger partial charge is 0.462 e. The predicted octanol–water partition coefficient (Wildman–Crippen LogP) is 16.5. The molecule has 0 bridgehead atoms. The van der Waals surface area contributed by atoms with Crippen molar-refractivity contribution in [3.8, 4) is 0 Å². The summed E-state index contributed by atoms with van der Waals surface area (Å²) >= 11 is 0. The summed E-state index contributed by atoms with van der Waals surface area (Å²) in [5.41, 5.74) is 0. The zero-order chi connectivity index (χ0) is 43.0.